The summed E-state index contributed by atoms with van der Waals surface area (Å²) in [6.45, 7) is 3.08. The number of morpholine rings is 1. The number of rotatable bonds is 4. The lowest BCUT2D eigenvalue weighted by atomic mass is 9.91. The smallest absolute Gasteiger partial charge is 0.339 e. The number of benzene rings is 1. The van der Waals surface area contributed by atoms with Crippen LogP contribution in [0.5, 0.6) is 0 Å². The zero-order chi connectivity index (χ0) is 18.8. The average molecular weight is 370 g/mol. The van der Waals surface area contributed by atoms with Crippen LogP contribution in [0.2, 0.25) is 0 Å². The fourth-order valence-corrected chi connectivity index (χ4v) is 3.98. The van der Waals surface area contributed by atoms with Crippen LogP contribution in [-0.2, 0) is 4.74 Å². The lowest BCUT2D eigenvalue weighted by Gasteiger charge is -2.30. The minimum absolute atomic E-state index is 0.219. The third-order valence-corrected chi connectivity index (χ3v) is 5.58. The number of carbonyl (C=O) groups is 1. The van der Waals surface area contributed by atoms with E-state index in [2.05, 4.69) is 21.3 Å². The van der Waals surface area contributed by atoms with Crippen molar-refractivity contribution < 1.29 is 14.6 Å². The summed E-state index contributed by atoms with van der Waals surface area (Å²) in [4.78, 5) is 18.5. The number of carboxylic acids is 1. The van der Waals surface area contributed by atoms with Gasteiger partial charge in [0.15, 0.2) is 0 Å². The van der Waals surface area contributed by atoms with Crippen molar-refractivity contribution in [1.29, 1.82) is 0 Å². The number of hydrogen-bond donors (Lipinski definition) is 3. The number of nitrogens with one attached hydrogen (secondary N) is 1. The number of pyridine rings is 1. The van der Waals surface area contributed by atoms with Crippen LogP contribution in [-0.4, -0.2) is 54.4 Å². The molecule has 1 aliphatic carbocycles. The first-order chi connectivity index (χ1) is 13.1. The highest BCUT2D eigenvalue weighted by Gasteiger charge is 2.23. The molecule has 0 atom stereocenters. The summed E-state index contributed by atoms with van der Waals surface area (Å²) in [6.07, 6.45) is 5.28. The van der Waals surface area contributed by atoms with Crippen molar-refractivity contribution in [2.75, 3.05) is 36.5 Å². The van der Waals surface area contributed by atoms with E-state index in [1.165, 1.54) is 6.20 Å². The number of nitrogens with zero attached hydrogens (tertiary/aromatic N) is 2. The molecule has 0 radical (unpaired) electrons. The molecule has 1 aliphatic heterocycles. The second-order valence-corrected chi connectivity index (χ2v) is 7.41. The van der Waals surface area contributed by atoms with Crippen molar-refractivity contribution in [3.05, 3.63) is 30.0 Å². The SMILES string of the molecule is NC1CCC(Nc2c(C(=O)O)cnc3ccc(N4CCOCC4)cc23)CC1. The molecule has 2 fully saturated rings. The molecule has 0 amide bonds. The topological polar surface area (TPSA) is 101 Å². The minimum atomic E-state index is -0.962. The molecule has 27 heavy (non-hydrogen) atoms. The summed E-state index contributed by atoms with van der Waals surface area (Å²) in [5, 5.41) is 14.0. The quantitative estimate of drug-likeness (QED) is 0.760. The van der Waals surface area contributed by atoms with E-state index >= 15 is 0 Å². The van der Waals surface area contributed by atoms with Crippen molar-refractivity contribution in [1.82, 2.24) is 4.98 Å². The van der Waals surface area contributed by atoms with Gasteiger partial charge in [-0.3, -0.25) is 4.98 Å². The number of ether oxygens (including phenoxy) is 1. The number of aromatic nitrogens is 1. The second-order valence-electron chi connectivity index (χ2n) is 7.41. The van der Waals surface area contributed by atoms with Gasteiger partial charge in [0.2, 0.25) is 0 Å². The average Bonchev–Trinajstić information content (AvgIpc) is 2.70. The Hall–Kier alpha value is -2.38. The normalized spacial score (nSPS) is 23.4. The minimum Gasteiger partial charge on any atom is -0.478 e. The maximum Gasteiger partial charge on any atom is 0.339 e. The fraction of sp³-hybridized carbons (Fsp3) is 0.500. The zero-order valence-electron chi connectivity index (χ0n) is 15.4. The maximum absolute atomic E-state index is 11.8. The molecule has 7 heteroatoms. The molecular formula is C20H26N4O3. The Bertz CT molecular complexity index is 827. The highest BCUT2D eigenvalue weighted by Crippen LogP contribution is 2.32. The molecule has 2 aromatic rings. The molecule has 0 unspecified atom stereocenters. The Morgan fingerprint density at radius 1 is 1.22 bits per heavy atom. The van der Waals surface area contributed by atoms with Crippen LogP contribution in [0, 0.1) is 0 Å². The van der Waals surface area contributed by atoms with Gasteiger partial charge in [-0.2, -0.15) is 0 Å². The van der Waals surface area contributed by atoms with Gasteiger partial charge in [0.05, 0.1) is 24.4 Å². The van der Waals surface area contributed by atoms with Crippen molar-refractivity contribution in [3.8, 4) is 0 Å². The molecule has 2 aliphatic rings. The van der Waals surface area contributed by atoms with Gasteiger partial charge >= 0.3 is 5.97 Å². The fourth-order valence-electron chi connectivity index (χ4n) is 3.98. The van der Waals surface area contributed by atoms with Crippen molar-refractivity contribution in [2.45, 2.75) is 37.8 Å². The summed E-state index contributed by atoms with van der Waals surface area (Å²) in [7, 11) is 0. The lowest BCUT2D eigenvalue weighted by molar-refractivity contribution is 0.0697. The molecule has 7 nitrogen and oxygen atoms in total. The summed E-state index contributed by atoms with van der Waals surface area (Å²) in [5.74, 6) is -0.962. The van der Waals surface area contributed by atoms with Crippen molar-refractivity contribution in [2.24, 2.45) is 5.73 Å². The Morgan fingerprint density at radius 3 is 2.67 bits per heavy atom. The Labute approximate surface area is 158 Å². The first-order valence-electron chi connectivity index (χ1n) is 9.62. The summed E-state index contributed by atoms with van der Waals surface area (Å²) in [6, 6.07) is 6.56. The predicted octanol–water partition coefficient (Wildman–Crippen LogP) is 2.45. The number of anilines is 2. The molecular weight excluding hydrogens is 344 g/mol. The van der Waals surface area contributed by atoms with Crippen LogP contribution in [0.1, 0.15) is 36.0 Å². The van der Waals surface area contributed by atoms with Gasteiger partial charge in [-0.05, 0) is 43.9 Å². The number of nitrogens with two attached hydrogens (primary N) is 1. The molecule has 1 saturated heterocycles. The summed E-state index contributed by atoms with van der Waals surface area (Å²) >= 11 is 0. The van der Waals surface area contributed by atoms with E-state index in [9.17, 15) is 9.90 Å². The van der Waals surface area contributed by atoms with Crippen LogP contribution >= 0.6 is 0 Å². The molecule has 144 valence electrons. The lowest BCUT2D eigenvalue weighted by Crippen LogP contribution is -2.36. The van der Waals surface area contributed by atoms with Gasteiger partial charge in [-0.1, -0.05) is 0 Å². The number of hydrogen-bond acceptors (Lipinski definition) is 6. The standard InChI is InChI=1S/C20H26N4O3/c21-13-1-3-14(4-2-13)23-19-16-11-15(24-7-9-27-10-8-24)5-6-18(16)22-12-17(19)20(25)26/h5-6,11-14H,1-4,7-10,21H2,(H,22,23)(H,25,26). The molecule has 1 aromatic carbocycles. The highest BCUT2D eigenvalue weighted by molar-refractivity contribution is 6.05. The highest BCUT2D eigenvalue weighted by atomic mass is 16.5. The summed E-state index contributed by atoms with van der Waals surface area (Å²) in [5.41, 5.74) is 8.77. The van der Waals surface area contributed by atoms with Crippen molar-refractivity contribution in [3.63, 3.8) is 0 Å². The van der Waals surface area contributed by atoms with Crippen LogP contribution < -0.4 is 16.0 Å². The number of carboxylic acid groups (broad SMARTS) is 1. The van der Waals surface area contributed by atoms with Crippen LogP contribution in [0.25, 0.3) is 10.9 Å². The van der Waals surface area contributed by atoms with Gasteiger partial charge in [0.25, 0.3) is 0 Å². The Morgan fingerprint density at radius 2 is 1.96 bits per heavy atom. The molecule has 0 bridgehead atoms. The zero-order valence-corrected chi connectivity index (χ0v) is 15.4. The maximum atomic E-state index is 11.8. The molecule has 1 aromatic heterocycles. The van der Waals surface area contributed by atoms with Crippen LogP contribution in [0.3, 0.4) is 0 Å². The monoisotopic (exact) mass is 370 g/mol. The molecule has 0 spiro atoms. The van der Waals surface area contributed by atoms with Gasteiger partial charge in [0, 0.05) is 42.4 Å². The first kappa shape index (κ1) is 18.0. The van der Waals surface area contributed by atoms with Gasteiger partial charge in [-0.25, -0.2) is 4.79 Å². The van der Waals surface area contributed by atoms with E-state index in [0.29, 0.717) is 18.9 Å². The van der Waals surface area contributed by atoms with E-state index in [0.717, 1.165) is 55.4 Å². The second kappa shape index (κ2) is 7.70. The molecule has 1 saturated carbocycles. The Balaban J connectivity index is 1.72. The van der Waals surface area contributed by atoms with Gasteiger partial charge < -0.3 is 25.8 Å². The number of fused-ring (bicyclic) bond motifs is 1. The van der Waals surface area contributed by atoms with E-state index in [4.69, 9.17) is 10.5 Å². The summed E-state index contributed by atoms with van der Waals surface area (Å²) < 4.78 is 5.44. The first-order valence-corrected chi connectivity index (χ1v) is 9.62. The molecule has 2 heterocycles. The predicted molar refractivity (Wildman–Crippen MR) is 106 cm³/mol. The van der Waals surface area contributed by atoms with Gasteiger partial charge in [-0.15, -0.1) is 0 Å². The molecule has 4 N–H and O–H groups in total. The van der Waals surface area contributed by atoms with E-state index in [1.807, 2.05) is 12.1 Å². The Kier molecular flexibility index (Phi) is 5.13. The van der Waals surface area contributed by atoms with Gasteiger partial charge in [0.1, 0.15) is 5.56 Å². The molecule has 4 rings (SSSR count). The van der Waals surface area contributed by atoms with Crippen LogP contribution in [0.15, 0.2) is 24.4 Å². The van der Waals surface area contributed by atoms with Crippen LogP contribution in [0.4, 0.5) is 11.4 Å². The third kappa shape index (κ3) is 3.84. The van der Waals surface area contributed by atoms with E-state index < -0.39 is 5.97 Å². The van der Waals surface area contributed by atoms with E-state index in [-0.39, 0.29) is 17.6 Å². The van der Waals surface area contributed by atoms with Crippen molar-refractivity contribution >= 4 is 28.2 Å². The third-order valence-electron chi connectivity index (χ3n) is 5.58. The largest absolute Gasteiger partial charge is 0.478 e. The number of aromatic carboxylic acids is 1. The van der Waals surface area contributed by atoms with E-state index in [1.54, 1.807) is 0 Å².